The molecule has 0 saturated carbocycles. The van der Waals surface area contributed by atoms with Crippen molar-refractivity contribution in [2.45, 2.75) is 26.8 Å². The number of amides is 1. The van der Waals surface area contributed by atoms with Crippen LogP contribution in [0, 0.1) is 0 Å². The number of hydrogen-bond acceptors (Lipinski definition) is 2. The molecule has 0 bridgehead atoms. The van der Waals surface area contributed by atoms with Crippen LogP contribution in [0.15, 0.2) is 11.6 Å². The molecule has 0 fully saturated rings. The molecule has 0 aliphatic carbocycles. The van der Waals surface area contributed by atoms with Crippen LogP contribution < -0.4 is 5.32 Å². The standard InChI is InChI=1S/C8H13NO3/c1-5(8(11)12)4-6(2)9-7(3)10/h4,6H,1-3H3,(H,9,10)(H,11,12). The monoisotopic (exact) mass is 171 g/mol. The second kappa shape index (κ2) is 4.54. The van der Waals surface area contributed by atoms with Crippen molar-refractivity contribution in [3.63, 3.8) is 0 Å². The molecule has 4 nitrogen and oxygen atoms in total. The molecule has 0 radical (unpaired) electrons. The van der Waals surface area contributed by atoms with Gasteiger partial charge in [0.15, 0.2) is 0 Å². The van der Waals surface area contributed by atoms with Crippen molar-refractivity contribution in [3.05, 3.63) is 11.6 Å². The molecule has 1 amide bonds. The summed E-state index contributed by atoms with van der Waals surface area (Å²) in [6.07, 6.45) is 1.49. The lowest BCUT2D eigenvalue weighted by atomic mass is 10.2. The second-order valence-electron chi connectivity index (χ2n) is 2.64. The van der Waals surface area contributed by atoms with E-state index in [0.717, 1.165) is 0 Å². The average Bonchev–Trinajstić information content (AvgIpc) is 1.84. The number of carbonyl (C=O) groups is 2. The van der Waals surface area contributed by atoms with Gasteiger partial charge in [-0.25, -0.2) is 4.79 Å². The highest BCUT2D eigenvalue weighted by Crippen LogP contribution is 1.95. The Bertz CT molecular complexity index is 220. The molecule has 0 rings (SSSR count). The molecule has 68 valence electrons. The van der Waals surface area contributed by atoms with E-state index in [1.54, 1.807) is 6.92 Å². The van der Waals surface area contributed by atoms with Gasteiger partial charge in [0.05, 0.1) is 0 Å². The molecular formula is C8H13NO3. The van der Waals surface area contributed by atoms with Gasteiger partial charge in [0.25, 0.3) is 0 Å². The Balaban J connectivity index is 4.14. The van der Waals surface area contributed by atoms with Crippen LogP contribution in [0.4, 0.5) is 0 Å². The molecule has 0 heterocycles. The Labute approximate surface area is 71.3 Å². The van der Waals surface area contributed by atoms with Crippen molar-refractivity contribution in [2.75, 3.05) is 0 Å². The molecule has 0 aromatic heterocycles. The largest absolute Gasteiger partial charge is 0.478 e. The number of carboxylic acid groups (broad SMARTS) is 1. The van der Waals surface area contributed by atoms with Gasteiger partial charge in [0.2, 0.25) is 5.91 Å². The van der Waals surface area contributed by atoms with Gasteiger partial charge in [-0.15, -0.1) is 0 Å². The van der Waals surface area contributed by atoms with Crippen LogP contribution in [0.25, 0.3) is 0 Å². The quantitative estimate of drug-likeness (QED) is 0.609. The van der Waals surface area contributed by atoms with Gasteiger partial charge in [-0.1, -0.05) is 6.08 Å². The van der Waals surface area contributed by atoms with E-state index in [1.165, 1.54) is 19.9 Å². The predicted molar refractivity (Wildman–Crippen MR) is 44.7 cm³/mol. The summed E-state index contributed by atoms with van der Waals surface area (Å²) in [6, 6.07) is -0.237. The first-order valence-electron chi connectivity index (χ1n) is 3.62. The van der Waals surface area contributed by atoms with E-state index < -0.39 is 5.97 Å². The van der Waals surface area contributed by atoms with E-state index in [-0.39, 0.29) is 17.5 Å². The summed E-state index contributed by atoms with van der Waals surface area (Å²) in [5.41, 5.74) is 0.233. The van der Waals surface area contributed by atoms with Gasteiger partial charge in [-0.05, 0) is 13.8 Å². The minimum atomic E-state index is -0.966. The van der Waals surface area contributed by atoms with Crippen LogP contribution in [-0.2, 0) is 9.59 Å². The Morgan fingerprint density at radius 2 is 1.92 bits per heavy atom. The van der Waals surface area contributed by atoms with Gasteiger partial charge in [0, 0.05) is 18.5 Å². The molecule has 1 atom stereocenters. The molecule has 0 spiro atoms. The van der Waals surface area contributed by atoms with E-state index in [4.69, 9.17) is 5.11 Å². The summed E-state index contributed by atoms with van der Waals surface area (Å²) in [5.74, 6) is -1.14. The predicted octanol–water partition coefficient (Wildman–Crippen LogP) is 0.542. The van der Waals surface area contributed by atoms with E-state index in [1.807, 2.05) is 0 Å². The third-order valence-electron chi connectivity index (χ3n) is 1.27. The van der Waals surface area contributed by atoms with Crippen LogP contribution in [0.2, 0.25) is 0 Å². The van der Waals surface area contributed by atoms with Gasteiger partial charge in [-0.3, -0.25) is 4.79 Å². The van der Waals surface area contributed by atoms with Gasteiger partial charge in [-0.2, -0.15) is 0 Å². The lowest BCUT2D eigenvalue weighted by Gasteiger charge is -2.07. The van der Waals surface area contributed by atoms with Crippen LogP contribution in [0.1, 0.15) is 20.8 Å². The van der Waals surface area contributed by atoms with Gasteiger partial charge in [0.1, 0.15) is 0 Å². The summed E-state index contributed by atoms with van der Waals surface area (Å²) < 4.78 is 0. The Hall–Kier alpha value is -1.32. The van der Waals surface area contributed by atoms with Crippen LogP contribution in [0.5, 0.6) is 0 Å². The highest BCUT2D eigenvalue weighted by atomic mass is 16.4. The molecule has 0 aliphatic heterocycles. The summed E-state index contributed by atoms with van der Waals surface area (Å²) in [6.45, 7) is 4.59. The third-order valence-corrected chi connectivity index (χ3v) is 1.27. The van der Waals surface area contributed by atoms with Crippen molar-refractivity contribution >= 4 is 11.9 Å². The van der Waals surface area contributed by atoms with Crippen LogP contribution in [-0.4, -0.2) is 23.0 Å². The van der Waals surface area contributed by atoms with Crippen LogP contribution in [0.3, 0.4) is 0 Å². The van der Waals surface area contributed by atoms with Crippen molar-refractivity contribution in [1.29, 1.82) is 0 Å². The zero-order valence-electron chi connectivity index (χ0n) is 7.42. The number of nitrogens with one attached hydrogen (secondary N) is 1. The van der Waals surface area contributed by atoms with Crippen molar-refractivity contribution in [3.8, 4) is 0 Å². The van der Waals surface area contributed by atoms with Gasteiger partial charge >= 0.3 is 5.97 Å². The number of carboxylic acids is 1. The van der Waals surface area contributed by atoms with Crippen molar-refractivity contribution < 1.29 is 14.7 Å². The summed E-state index contributed by atoms with van der Waals surface area (Å²) in [7, 11) is 0. The topological polar surface area (TPSA) is 66.4 Å². The molecule has 12 heavy (non-hydrogen) atoms. The molecule has 4 heteroatoms. The van der Waals surface area contributed by atoms with Gasteiger partial charge < -0.3 is 10.4 Å². The van der Waals surface area contributed by atoms with E-state index in [2.05, 4.69) is 5.32 Å². The normalized spacial score (nSPS) is 13.8. The smallest absolute Gasteiger partial charge is 0.331 e. The third kappa shape index (κ3) is 4.49. The fourth-order valence-corrected chi connectivity index (χ4v) is 0.809. The first-order valence-corrected chi connectivity index (χ1v) is 3.62. The minimum absolute atomic E-state index is 0.170. The zero-order chi connectivity index (χ0) is 9.72. The Kier molecular flexibility index (Phi) is 4.04. The van der Waals surface area contributed by atoms with E-state index in [9.17, 15) is 9.59 Å². The van der Waals surface area contributed by atoms with E-state index in [0.29, 0.717) is 0 Å². The number of hydrogen-bond donors (Lipinski definition) is 2. The molecule has 0 aromatic rings. The first kappa shape index (κ1) is 10.7. The summed E-state index contributed by atoms with van der Waals surface area (Å²) in [4.78, 5) is 20.9. The molecule has 0 aromatic carbocycles. The highest BCUT2D eigenvalue weighted by molar-refractivity contribution is 5.86. The minimum Gasteiger partial charge on any atom is -0.478 e. The lowest BCUT2D eigenvalue weighted by molar-refractivity contribution is -0.132. The molecular weight excluding hydrogens is 158 g/mol. The van der Waals surface area contributed by atoms with Crippen LogP contribution >= 0.6 is 0 Å². The summed E-state index contributed by atoms with van der Waals surface area (Å²) >= 11 is 0. The highest BCUT2D eigenvalue weighted by Gasteiger charge is 2.03. The maximum Gasteiger partial charge on any atom is 0.331 e. The van der Waals surface area contributed by atoms with E-state index >= 15 is 0 Å². The summed E-state index contributed by atoms with van der Waals surface area (Å²) in [5, 5.41) is 11.0. The molecule has 1 unspecified atom stereocenters. The maximum atomic E-state index is 10.5. The maximum absolute atomic E-state index is 10.5. The fraction of sp³-hybridized carbons (Fsp3) is 0.500. The zero-order valence-corrected chi connectivity index (χ0v) is 7.42. The molecule has 0 aliphatic rings. The average molecular weight is 171 g/mol. The fourth-order valence-electron chi connectivity index (χ4n) is 0.809. The number of carbonyl (C=O) groups excluding carboxylic acids is 1. The lowest BCUT2D eigenvalue weighted by Crippen LogP contribution is -2.29. The Morgan fingerprint density at radius 1 is 1.42 bits per heavy atom. The number of aliphatic carboxylic acids is 1. The first-order chi connectivity index (χ1) is 5.43. The molecule has 0 saturated heterocycles. The van der Waals surface area contributed by atoms with Crippen molar-refractivity contribution in [1.82, 2.24) is 5.32 Å². The second-order valence-corrected chi connectivity index (χ2v) is 2.64. The Morgan fingerprint density at radius 3 is 2.25 bits per heavy atom. The number of rotatable bonds is 3. The van der Waals surface area contributed by atoms with Crippen molar-refractivity contribution in [2.24, 2.45) is 0 Å². The molecule has 2 N–H and O–H groups in total. The SMILES string of the molecule is CC(=O)NC(C)C=C(C)C(=O)O.